The summed E-state index contributed by atoms with van der Waals surface area (Å²) in [4.78, 5) is 27.2. The largest absolute Gasteiger partial charge is 0.356 e. The van der Waals surface area contributed by atoms with Crippen LogP contribution in [-0.4, -0.2) is 55.5 Å². The monoisotopic (exact) mass is 255 g/mol. The van der Waals surface area contributed by atoms with Crippen LogP contribution in [0, 0.1) is 11.8 Å². The van der Waals surface area contributed by atoms with Gasteiger partial charge < -0.3 is 15.1 Å². The van der Waals surface area contributed by atoms with Gasteiger partial charge in [0.15, 0.2) is 0 Å². The summed E-state index contributed by atoms with van der Waals surface area (Å²) in [5, 5.41) is 2.95. The molecule has 104 valence electrons. The molecule has 3 amide bonds. The van der Waals surface area contributed by atoms with Crippen molar-refractivity contribution >= 4 is 11.9 Å². The zero-order chi connectivity index (χ0) is 13.7. The van der Waals surface area contributed by atoms with Gasteiger partial charge in [0, 0.05) is 33.7 Å². The fourth-order valence-corrected chi connectivity index (χ4v) is 2.10. The minimum atomic E-state index is -0.0543. The predicted octanol–water partition coefficient (Wildman–Crippen LogP) is 1.15. The van der Waals surface area contributed by atoms with E-state index >= 15 is 0 Å². The summed E-state index contributed by atoms with van der Waals surface area (Å²) in [7, 11) is 3.48. The lowest BCUT2D eigenvalue weighted by molar-refractivity contribution is -0.126. The fourth-order valence-electron chi connectivity index (χ4n) is 2.10. The number of nitrogens with one attached hydrogen (secondary N) is 1. The van der Waals surface area contributed by atoms with Crippen LogP contribution in [0.3, 0.4) is 0 Å². The highest BCUT2D eigenvalue weighted by molar-refractivity contribution is 5.80. The summed E-state index contributed by atoms with van der Waals surface area (Å²) in [6.45, 7) is 6.15. The van der Waals surface area contributed by atoms with Crippen molar-refractivity contribution in [2.45, 2.75) is 26.7 Å². The van der Waals surface area contributed by atoms with Gasteiger partial charge in [-0.15, -0.1) is 0 Å². The Morgan fingerprint density at radius 1 is 1.39 bits per heavy atom. The molecule has 5 heteroatoms. The number of amides is 3. The van der Waals surface area contributed by atoms with Gasteiger partial charge in [0.2, 0.25) is 5.91 Å². The maximum absolute atomic E-state index is 12.0. The molecule has 0 aliphatic carbocycles. The first-order valence-corrected chi connectivity index (χ1v) is 6.65. The summed E-state index contributed by atoms with van der Waals surface area (Å²) in [6.07, 6.45) is 1.78. The van der Waals surface area contributed by atoms with Gasteiger partial charge in [-0.1, -0.05) is 13.8 Å². The molecule has 1 saturated heterocycles. The molecule has 0 bridgehead atoms. The van der Waals surface area contributed by atoms with Crippen molar-refractivity contribution in [3.05, 3.63) is 0 Å². The number of urea groups is 1. The Balaban J connectivity index is 2.48. The van der Waals surface area contributed by atoms with Gasteiger partial charge >= 0.3 is 6.03 Å². The van der Waals surface area contributed by atoms with E-state index in [9.17, 15) is 9.59 Å². The van der Waals surface area contributed by atoms with Crippen molar-refractivity contribution in [3.8, 4) is 0 Å². The number of carbonyl (C=O) groups is 2. The Kier molecular flexibility index (Phi) is 5.44. The molecule has 0 radical (unpaired) electrons. The minimum absolute atomic E-state index is 0.00337. The number of hydrogen-bond donors (Lipinski definition) is 1. The molecule has 0 aromatic carbocycles. The summed E-state index contributed by atoms with van der Waals surface area (Å²) < 4.78 is 0. The molecule has 18 heavy (non-hydrogen) atoms. The van der Waals surface area contributed by atoms with E-state index in [2.05, 4.69) is 19.2 Å². The molecule has 1 atom stereocenters. The van der Waals surface area contributed by atoms with Crippen molar-refractivity contribution in [2.75, 3.05) is 33.7 Å². The van der Waals surface area contributed by atoms with Crippen molar-refractivity contribution in [3.63, 3.8) is 0 Å². The lowest BCUT2D eigenvalue weighted by atomic mass is 9.97. The van der Waals surface area contributed by atoms with Crippen LogP contribution in [-0.2, 0) is 4.79 Å². The summed E-state index contributed by atoms with van der Waals surface area (Å²) in [5.41, 5.74) is 0. The fraction of sp³-hybridized carbons (Fsp3) is 0.846. The van der Waals surface area contributed by atoms with Gasteiger partial charge in [-0.3, -0.25) is 4.79 Å². The van der Waals surface area contributed by atoms with E-state index in [-0.39, 0.29) is 17.9 Å². The Morgan fingerprint density at radius 3 is 2.61 bits per heavy atom. The molecular weight excluding hydrogens is 230 g/mol. The van der Waals surface area contributed by atoms with E-state index in [1.165, 1.54) is 0 Å². The first-order valence-electron chi connectivity index (χ1n) is 6.65. The van der Waals surface area contributed by atoms with Gasteiger partial charge in [0.05, 0.1) is 5.92 Å². The molecule has 1 heterocycles. The average Bonchev–Trinajstić information content (AvgIpc) is 2.34. The quantitative estimate of drug-likeness (QED) is 0.822. The molecule has 1 aliphatic rings. The molecule has 0 aromatic heterocycles. The molecular formula is C13H25N3O2. The van der Waals surface area contributed by atoms with E-state index < -0.39 is 0 Å². The van der Waals surface area contributed by atoms with Gasteiger partial charge in [-0.05, 0) is 18.8 Å². The van der Waals surface area contributed by atoms with Crippen LogP contribution in [0.15, 0.2) is 0 Å². The number of piperidine rings is 1. The van der Waals surface area contributed by atoms with Crippen molar-refractivity contribution in [1.82, 2.24) is 15.1 Å². The second-order valence-electron chi connectivity index (χ2n) is 5.60. The lowest BCUT2D eigenvalue weighted by Gasteiger charge is -2.33. The summed E-state index contributed by atoms with van der Waals surface area (Å²) >= 11 is 0. The molecule has 5 nitrogen and oxygen atoms in total. The molecule has 1 fully saturated rings. The molecule has 1 aliphatic heterocycles. The minimum Gasteiger partial charge on any atom is -0.356 e. The predicted molar refractivity (Wildman–Crippen MR) is 71.2 cm³/mol. The molecule has 0 spiro atoms. The van der Waals surface area contributed by atoms with Crippen LogP contribution in [0.25, 0.3) is 0 Å². The third-order valence-electron chi connectivity index (χ3n) is 3.13. The molecule has 0 aromatic rings. The van der Waals surface area contributed by atoms with Crippen molar-refractivity contribution in [2.24, 2.45) is 11.8 Å². The Hall–Kier alpha value is -1.26. The number of hydrogen-bond acceptors (Lipinski definition) is 2. The van der Waals surface area contributed by atoms with Crippen LogP contribution in [0.4, 0.5) is 4.79 Å². The second-order valence-corrected chi connectivity index (χ2v) is 5.60. The molecule has 1 rings (SSSR count). The molecule has 1 unspecified atom stereocenters. The number of rotatable bonds is 3. The van der Waals surface area contributed by atoms with Crippen LogP contribution < -0.4 is 5.32 Å². The standard InChI is InChI=1S/C13H25N3O2/c1-10(2)8-14-12(17)11-6-5-7-16(9-11)13(18)15(3)4/h10-11H,5-9H2,1-4H3,(H,14,17). The van der Waals surface area contributed by atoms with Gasteiger partial charge in [0.25, 0.3) is 0 Å². The zero-order valence-corrected chi connectivity index (χ0v) is 11.9. The van der Waals surface area contributed by atoms with Crippen LogP contribution in [0.5, 0.6) is 0 Å². The van der Waals surface area contributed by atoms with Crippen LogP contribution in [0.1, 0.15) is 26.7 Å². The normalized spacial score (nSPS) is 19.8. The number of nitrogens with zero attached hydrogens (tertiary/aromatic N) is 2. The Morgan fingerprint density at radius 2 is 2.06 bits per heavy atom. The first-order chi connectivity index (χ1) is 8.41. The highest BCUT2D eigenvalue weighted by Gasteiger charge is 2.28. The zero-order valence-electron chi connectivity index (χ0n) is 11.9. The smallest absolute Gasteiger partial charge is 0.319 e. The lowest BCUT2D eigenvalue weighted by Crippen LogP contribution is -2.48. The maximum Gasteiger partial charge on any atom is 0.319 e. The molecule has 1 N–H and O–H groups in total. The van der Waals surface area contributed by atoms with E-state index in [1.807, 2.05) is 0 Å². The highest BCUT2D eigenvalue weighted by atomic mass is 16.2. The summed E-state index contributed by atoms with van der Waals surface area (Å²) in [5.74, 6) is 0.485. The average molecular weight is 255 g/mol. The number of carbonyl (C=O) groups excluding carboxylic acids is 2. The third kappa shape index (κ3) is 4.20. The van der Waals surface area contributed by atoms with E-state index in [4.69, 9.17) is 0 Å². The van der Waals surface area contributed by atoms with E-state index in [0.29, 0.717) is 19.0 Å². The maximum atomic E-state index is 12.0. The third-order valence-corrected chi connectivity index (χ3v) is 3.13. The molecule has 0 saturated carbocycles. The highest BCUT2D eigenvalue weighted by Crippen LogP contribution is 2.17. The van der Waals surface area contributed by atoms with Gasteiger partial charge in [-0.25, -0.2) is 4.79 Å². The SMILES string of the molecule is CC(C)CNC(=O)C1CCCN(C(=O)N(C)C)C1. The van der Waals surface area contributed by atoms with Crippen LogP contribution >= 0.6 is 0 Å². The van der Waals surface area contributed by atoms with Gasteiger partial charge in [0.1, 0.15) is 0 Å². The van der Waals surface area contributed by atoms with Crippen molar-refractivity contribution < 1.29 is 9.59 Å². The van der Waals surface area contributed by atoms with Crippen molar-refractivity contribution in [1.29, 1.82) is 0 Å². The Bertz CT molecular complexity index is 303. The van der Waals surface area contributed by atoms with Gasteiger partial charge in [-0.2, -0.15) is 0 Å². The van der Waals surface area contributed by atoms with E-state index in [0.717, 1.165) is 19.4 Å². The Labute approximate surface area is 110 Å². The van der Waals surface area contributed by atoms with E-state index in [1.54, 1.807) is 23.9 Å². The first kappa shape index (κ1) is 14.8. The topological polar surface area (TPSA) is 52.7 Å². The van der Waals surface area contributed by atoms with Crippen LogP contribution in [0.2, 0.25) is 0 Å². The number of likely N-dealkylation sites (tertiary alicyclic amines) is 1. The second kappa shape index (κ2) is 6.61. The summed E-state index contributed by atoms with van der Waals surface area (Å²) in [6, 6.07) is -0.00337.